The number of halogens is 1. The molecule has 2 aliphatic rings. The number of methoxy groups -OCH3 is 1. The predicted octanol–water partition coefficient (Wildman–Crippen LogP) is 4.68. The third-order valence-corrected chi connectivity index (χ3v) is 9.59. The highest BCUT2D eigenvalue weighted by molar-refractivity contribution is 14.1. The van der Waals surface area contributed by atoms with Gasteiger partial charge in [0, 0.05) is 18.2 Å². The molecule has 0 aromatic carbocycles. The zero-order valence-electron chi connectivity index (χ0n) is 14.9. The normalized spacial score (nSPS) is 34.5. The summed E-state index contributed by atoms with van der Waals surface area (Å²) in [4.78, 5) is 9.86. The highest BCUT2D eigenvalue weighted by atomic mass is 127. The molecule has 5 heteroatoms. The molecule has 4 atom stereocenters. The minimum atomic E-state index is -0.986. The zero-order valence-corrected chi connectivity index (χ0v) is 18.1. The Morgan fingerprint density at radius 3 is 2.41 bits per heavy atom. The maximum Gasteiger partial charge on any atom is 0.209 e. The highest BCUT2D eigenvalue weighted by Gasteiger charge is 2.42. The van der Waals surface area contributed by atoms with Crippen LogP contribution >= 0.6 is 22.6 Å². The van der Waals surface area contributed by atoms with Gasteiger partial charge in [-0.25, -0.2) is 4.99 Å². The van der Waals surface area contributed by atoms with Gasteiger partial charge in [0.25, 0.3) is 0 Å². The highest BCUT2D eigenvalue weighted by Crippen LogP contribution is 2.43. The van der Waals surface area contributed by atoms with Crippen molar-refractivity contribution in [3.8, 4) is 0 Å². The number of alkyl halides is 1. The fourth-order valence-corrected chi connectivity index (χ4v) is 9.85. The second-order valence-corrected chi connectivity index (χ2v) is 14.2. The molecular formula is C17H31IN2OSi. The lowest BCUT2D eigenvalue weighted by Crippen LogP contribution is -2.36. The van der Waals surface area contributed by atoms with Crippen molar-refractivity contribution in [2.45, 2.75) is 64.5 Å². The Kier molecular flexibility index (Phi) is 6.13. The van der Waals surface area contributed by atoms with Crippen LogP contribution < -0.4 is 0 Å². The van der Waals surface area contributed by atoms with E-state index in [4.69, 9.17) is 14.7 Å². The van der Waals surface area contributed by atoms with Crippen molar-refractivity contribution in [2.75, 3.05) is 11.5 Å². The fraction of sp³-hybridized carbons (Fsp3) is 0.882. The molecule has 1 unspecified atom stereocenters. The molecule has 3 nitrogen and oxygen atoms in total. The predicted molar refractivity (Wildman–Crippen MR) is 108 cm³/mol. The van der Waals surface area contributed by atoms with E-state index < -0.39 is 8.07 Å². The van der Waals surface area contributed by atoms with E-state index in [9.17, 15) is 0 Å². The van der Waals surface area contributed by atoms with Gasteiger partial charge in [-0.2, -0.15) is 0 Å². The summed E-state index contributed by atoms with van der Waals surface area (Å²) in [6.07, 6.45) is 1.12. The standard InChI is InChI=1S/C17H31IN2OSi/c1-11(2)16-12(3)19-15(17(20-16)21-4)7-13-9-22(5,6)10-14(13)8-18/h11,13-16H,7-10H2,1-6H3/t13-,14-,15?,16+/m0/s1. The monoisotopic (exact) mass is 434 g/mol. The first kappa shape index (κ1) is 18.4. The van der Waals surface area contributed by atoms with Crippen molar-refractivity contribution in [3.05, 3.63) is 0 Å². The van der Waals surface area contributed by atoms with E-state index in [0.717, 1.165) is 24.2 Å². The second-order valence-electron chi connectivity index (χ2n) is 8.13. The maximum atomic E-state index is 5.62. The SMILES string of the molecule is COC1=N[C@H](C(C)C)C(C)=NC1C[C@H]1C[Si](C)(C)C[C@@H]1CI. The van der Waals surface area contributed by atoms with Crippen LogP contribution in [0.5, 0.6) is 0 Å². The minimum absolute atomic E-state index is 0.151. The van der Waals surface area contributed by atoms with Gasteiger partial charge in [0.2, 0.25) is 5.90 Å². The van der Waals surface area contributed by atoms with Crippen LogP contribution in [0.2, 0.25) is 25.2 Å². The lowest BCUT2D eigenvalue weighted by atomic mass is 9.90. The third kappa shape index (κ3) is 4.13. The van der Waals surface area contributed by atoms with Crippen LogP contribution in [0.15, 0.2) is 9.98 Å². The first-order valence-corrected chi connectivity index (χ1v) is 13.4. The zero-order chi connectivity index (χ0) is 16.5. The molecule has 0 spiro atoms. The van der Waals surface area contributed by atoms with E-state index >= 15 is 0 Å². The lowest BCUT2D eigenvalue weighted by molar-refractivity contribution is 0.342. The Bertz CT molecular complexity index is 462. The summed E-state index contributed by atoms with van der Waals surface area (Å²) < 4.78 is 6.90. The quantitative estimate of drug-likeness (QED) is 0.360. The van der Waals surface area contributed by atoms with E-state index in [0.29, 0.717) is 5.92 Å². The van der Waals surface area contributed by atoms with Crippen LogP contribution in [-0.4, -0.2) is 43.3 Å². The van der Waals surface area contributed by atoms with Crippen LogP contribution in [0.25, 0.3) is 0 Å². The molecule has 22 heavy (non-hydrogen) atoms. The van der Waals surface area contributed by atoms with E-state index in [1.54, 1.807) is 7.11 Å². The molecule has 0 aliphatic carbocycles. The summed E-state index contributed by atoms with van der Waals surface area (Å²) in [6.45, 7) is 11.6. The molecule has 0 aromatic rings. The second kappa shape index (κ2) is 7.32. The summed E-state index contributed by atoms with van der Waals surface area (Å²) >= 11 is 2.57. The number of aliphatic imine (C=N–C) groups is 2. The number of nitrogens with zero attached hydrogens (tertiary/aromatic N) is 2. The van der Waals surface area contributed by atoms with Crippen molar-refractivity contribution < 1.29 is 4.74 Å². The Hall–Kier alpha value is 0.0869. The summed E-state index contributed by atoms with van der Waals surface area (Å²) in [5.74, 6) is 3.02. The molecule has 0 N–H and O–H groups in total. The smallest absolute Gasteiger partial charge is 0.209 e. The third-order valence-electron chi connectivity index (χ3n) is 5.20. The van der Waals surface area contributed by atoms with Gasteiger partial charge in [0.15, 0.2) is 0 Å². The molecule has 1 fully saturated rings. The van der Waals surface area contributed by atoms with Crippen molar-refractivity contribution >= 4 is 42.3 Å². The molecule has 2 heterocycles. The largest absolute Gasteiger partial charge is 0.483 e. The molecule has 2 aliphatic heterocycles. The van der Waals surface area contributed by atoms with Crippen LogP contribution in [0.4, 0.5) is 0 Å². The van der Waals surface area contributed by atoms with Crippen LogP contribution in [0, 0.1) is 17.8 Å². The van der Waals surface area contributed by atoms with Gasteiger partial charge in [0.1, 0.15) is 6.04 Å². The number of rotatable bonds is 4. The lowest BCUT2D eigenvalue weighted by Gasteiger charge is -2.29. The van der Waals surface area contributed by atoms with E-state index in [2.05, 4.69) is 56.5 Å². The van der Waals surface area contributed by atoms with Crippen LogP contribution in [0.1, 0.15) is 27.2 Å². The summed E-state index contributed by atoms with van der Waals surface area (Å²) in [5.41, 5.74) is 1.18. The van der Waals surface area contributed by atoms with Crippen LogP contribution in [0.3, 0.4) is 0 Å². The van der Waals surface area contributed by atoms with E-state index in [1.807, 2.05) is 0 Å². The molecule has 0 aromatic heterocycles. The van der Waals surface area contributed by atoms with Gasteiger partial charge in [-0.3, -0.25) is 4.99 Å². The molecule has 0 saturated carbocycles. The molecule has 0 radical (unpaired) electrons. The Labute approximate surface area is 150 Å². The first-order chi connectivity index (χ1) is 10.3. The average Bonchev–Trinajstić information content (AvgIpc) is 2.72. The summed E-state index contributed by atoms with van der Waals surface area (Å²) in [6, 6.07) is 3.26. The van der Waals surface area contributed by atoms with E-state index in [-0.39, 0.29) is 12.1 Å². The maximum absolute atomic E-state index is 5.62. The Morgan fingerprint density at radius 1 is 1.23 bits per heavy atom. The van der Waals surface area contributed by atoms with Crippen molar-refractivity contribution in [2.24, 2.45) is 27.7 Å². The molecular weight excluding hydrogens is 403 g/mol. The topological polar surface area (TPSA) is 34.0 Å². The molecule has 0 amide bonds. The number of hydrogen-bond donors (Lipinski definition) is 0. The number of hydrogen-bond acceptors (Lipinski definition) is 3. The van der Waals surface area contributed by atoms with Crippen molar-refractivity contribution in [1.29, 1.82) is 0 Å². The van der Waals surface area contributed by atoms with Crippen molar-refractivity contribution in [3.63, 3.8) is 0 Å². The first-order valence-electron chi connectivity index (χ1n) is 8.49. The van der Waals surface area contributed by atoms with Crippen LogP contribution in [-0.2, 0) is 4.74 Å². The molecule has 0 bridgehead atoms. The van der Waals surface area contributed by atoms with Gasteiger partial charge in [-0.05, 0) is 31.1 Å². The van der Waals surface area contributed by atoms with Gasteiger partial charge in [0.05, 0.1) is 13.2 Å². The molecule has 2 rings (SSSR count). The van der Waals surface area contributed by atoms with Gasteiger partial charge in [-0.1, -0.05) is 61.6 Å². The van der Waals surface area contributed by atoms with Gasteiger partial charge >= 0.3 is 0 Å². The molecule has 1 saturated heterocycles. The summed E-state index contributed by atoms with van der Waals surface area (Å²) in [7, 11) is 0.766. The van der Waals surface area contributed by atoms with Crippen molar-refractivity contribution in [1.82, 2.24) is 0 Å². The minimum Gasteiger partial charge on any atom is -0.483 e. The Morgan fingerprint density at radius 2 is 1.86 bits per heavy atom. The fourth-order valence-electron chi connectivity index (χ4n) is 4.25. The number of ether oxygens (including phenoxy) is 1. The average molecular weight is 434 g/mol. The van der Waals surface area contributed by atoms with Gasteiger partial charge in [-0.15, -0.1) is 0 Å². The van der Waals surface area contributed by atoms with Gasteiger partial charge < -0.3 is 4.74 Å². The Balaban J connectivity index is 2.13. The summed E-state index contributed by atoms with van der Waals surface area (Å²) in [5, 5.41) is 0. The molecule has 126 valence electrons. The van der Waals surface area contributed by atoms with E-state index in [1.165, 1.54) is 22.2 Å².